The first-order valence-corrected chi connectivity index (χ1v) is 6.43. The van der Waals surface area contributed by atoms with Gasteiger partial charge >= 0.3 is 5.97 Å². The number of hydrogen-bond acceptors (Lipinski definition) is 4. The van der Waals surface area contributed by atoms with E-state index in [0.29, 0.717) is 18.1 Å². The number of thiophene rings is 1. The van der Waals surface area contributed by atoms with Crippen LogP contribution in [0.5, 0.6) is 0 Å². The predicted octanol–water partition coefficient (Wildman–Crippen LogP) is 3.07. The van der Waals surface area contributed by atoms with Crippen molar-refractivity contribution < 1.29 is 9.90 Å². The highest BCUT2D eigenvalue weighted by Gasteiger charge is 2.07. The minimum absolute atomic E-state index is 0.257. The van der Waals surface area contributed by atoms with Crippen LogP contribution in [0.4, 0.5) is 5.82 Å². The number of hydrogen-bond donors (Lipinski definition) is 2. The first-order valence-electron chi connectivity index (χ1n) is 5.55. The Morgan fingerprint density at radius 3 is 2.83 bits per heavy atom. The van der Waals surface area contributed by atoms with Gasteiger partial charge in [-0.15, -0.1) is 11.3 Å². The fraction of sp³-hybridized carbons (Fsp3) is 0.231. The third-order valence-corrected chi connectivity index (χ3v) is 3.62. The fourth-order valence-corrected chi connectivity index (χ4v) is 2.48. The second-order valence-electron chi connectivity index (χ2n) is 4.07. The number of aryl methyl sites for hydroxylation is 2. The van der Waals surface area contributed by atoms with E-state index in [1.54, 1.807) is 30.4 Å². The zero-order chi connectivity index (χ0) is 13.1. The van der Waals surface area contributed by atoms with Crippen LogP contribution in [0.2, 0.25) is 0 Å². The molecular formula is C13H14N2O2S. The molecule has 0 radical (unpaired) electrons. The molecule has 0 spiro atoms. The first kappa shape index (κ1) is 12.6. The zero-order valence-electron chi connectivity index (χ0n) is 10.2. The molecule has 0 unspecified atom stereocenters. The highest BCUT2D eigenvalue weighted by atomic mass is 32.1. The second-order valence-corrected chi connectivity index (χ2v) is 5.07. The summed E-state index contributed by atoms with van der Waals surface area (Å²) in [5.74, 6) is -0.337. The summed E-state index contributed by atoms with van der Waals surface area (Å²) in [4.78, 5) is 16.4. The van der Waals surface area contributed by atoms with Crippen LogP contribution in [0.3, 0.4) is 0 Å². The maximum atomic E-state index is 10.9. The van der Waals surface area contributed by atoms with Gasteiger partial charge in [0, 0.05) is 10.6 Å². The third-order valence-electron chi connectivity index (χ3n) is 2.60. The van der Waals surface area contributed by atoms with E-state index in [0.717, 1.165) is 0 Å². The van der Waals surface area contributed by atoms with Crippen LogP contribution in [0, 0.1) is 13.8 Å². The lowest BCUT2D eigenvalue weighted by atomic mass is 10.2. The highest BCUT2D eigenvalue weighted by molar-refractivity contribution is 7.10. The third kappa shape index (κ3) is 2.87. The molecule has 0 atom stereocenters. The van der Waals surface area contributed by atoms with E-state index in [1.165, 1.54) is 10.4 Å². The summed E-state index contributed by atoms with van der Waals surface area (Å²) in [6.07, 6.45) is 0. The molecule has 0 aromatic carbocycles. The fourth-order valence-electron chi connectivity index (χ4n) is 1.64. The summed E-state index contributed by atoms with van der Waals surface area (Å²) in [5, 5.41) is 14.2. The van der Waals surface area contributed by atoms with Gasteiger partial charge in [0.1, 0.15) is 5.82 Å². The molecule has 2 aromatic rings. The summed E-state index contributed by atoms with van der Waals surface area (Å²) in [5.41, 5.74) is 2.19. The number of carboxylic acids is 1. The minimum atomic E-state index is -0.934. The molecule has 0 saturated carbocycles. The normalized spacial score (nSPS) is 10.3. The van der Waals surface area contributed by atoms with Crippen LogP contribution in [-0.4, -0.2) is 16.1 Å². The van der Waals surface area contributed by atoms with Gasteiger partial charge in [0.2, 0.25) is 0 Å². The largest absolute Gasteiger partial charge is 0.478 e. The van der Waals surface area contributed by atoms with Gasteiger partial charge in [0.05, 0.1) is 12.1 Å². The Labute approximate surface area is 109 Å². The van der Waals surface area contributed by atoms with Crippen molar-refractivity contribution >= 4 is 23.1 Å². The number of aromatic nitrogens is 1. The van der Waals surface area contributed by atoms with Crippen molar-refractivity contribution in [1.29, 1.82) is 0 Å². The average molecular weight is 262 g/mol. The summed E-state index contributed by atoms with van der Waals surface area (Å²) in [7, 11) is 0. The molecule has 94 valence electrons. The van der Waals surface area contributed by atoms with Crippen LogP contribution in [-0.2, 0) is 6.54 Å². The van der Waals surface area contributed by atoms with E-state index < -0.39 is 5.97 Å². The van der Waals surface area contributed by atoms with Crippen molar-refractivity contribution in [3.8, 4) is 0 Å². The van der Waals surface area contributed by atoms with E-state index in [9.17, 15) is 4.79 Å². The molecule has 2 aromatic heterocycles. The molecule has 0 amide bonds. The number of carbonyl (C=O) groups is 1. The Morgan fingerprint density at radius 1 is 1.44 bits per heavy atom. The maximum Gasteiger partial charge on any atom is 0.335 e. The lowest BCUT2D eigenvalue weighted by Gasteiger charge is -2.07. The van der Waals surface area contributed by atoms with Crippen LogP contribution in [0.25, 0.3) is 0 Å². The molecule has 0 aliphatic heterocycles. The Kier molecular flexibility index (Phi) is 3.62. The molecular weight excluding hydrogens is 248 g/mol. The van der Waals surface area contributed by atoms with E-state index in [2.05, 4.69) is 23.3 Å². The van der Waals surface area contributed by atoms with Crippen LogP contribution in [0.15, 0.2) is 23.6 Å². The standard InChI is InChI=1S/C13H14N2O2S/c1-8-3-4-18-11(8)7-14-12-6-10(13(16)17)5-9(2)15-12/h3-6H,7H2,1-2H3,(H,14,15)(H,16,17). The zero-order valence-corrected chi connectivity index (χ0v) is 11.0. The van der Waals surface area contributed by atoms with Gasteiger partial charge in [-0.25, -0.2) is 9.78 Å². The Bertz CT molecular complexity index is 578. The molecule has 2 N–H and O–H groups in total. The summed E-state index contributed by atoms with van der Waals surface area (Å²) < 4.78 is 0. The average Bonchev–Trinajstić information content (AvgIpc) is 2.71. The molecule has 2 heterocycles. The number of anilines is 1. The maximum absolute atomic E-state index is 10.9. The number of carboxylic acid groups (broad SMARTS) is 1. The van der Waals surface area contributed by atoms with E-state index >= 15 is 0 Å². The molecule has 0 aliphatic carbocycles. The Balaban J connectivity index is 2.14. The van der Waals surface area contributed by atoms with Gasteiger partial charge in [0.15, 0.2) is 0 Å². The van der Waals surface area contributed by atoms with Crippen molar-refractivity contribution in [2.45, 2.75) is 20.4 Å². The van der Waals surface area contributed by atoms with Crippen molar-refractivity contribution in [3.05, 3.63) is 45.3 Å². The van der Waals surface area contributed by atoms with Gasteiger partial charge in [-0.05, 0) is 43.0 Å². The lowest BCUT2D eigenvalue weighted by Crippen LogP contribution is -2.05. The van der Waals surface area contributed by atoms with E-state index in [-0.39, 0.29) is 5.56 Å². The quantitative estimate of drug-likeness (QED) is 0.889. The van der Waals surface area contributed by atoms with Gasteiger partial charge in [-0.3, -0.25) is 0 Å². The van der Waals surface area contributed by atoms with Crippen molar-refractivity contribution in [1.82, 2.24) is 4.98 Å². The number of nitrogens with one attached hydrogen (secondary N) is 1. The predicted molar refractivity (Wildman–Crippen MR) is 72.3 cm³/mol. The Morgan fingerprint density at radius 2 is 2.22 bits per heavy atom. The van der Waals surface area contributed by atoms with Gasteiger partial charge in [-0.1, -0.05) is 0 Å². The van der Waals surface area contributed by atoms with Crippen molar-refractivity contribution in [2.75, 3.05) is 5.32 Å². The molecule has 5 heteroatoms. The smallest absolute Gasteiger partial charge is 0.335 e. The number of aromatic carboxylic acids is 1. The van der Waals surface area contributed by atoms with Gasteiger partial charge in [0.25, 0.3) is 0 Å². The van der Waals surface area contributed by atoms with Gasteiger partial charge < -0.3 is 10.4 Å². The Hall–Kier alpha value is -1.88. The highest BCUT2D eigenvalue weighted by Crippen LogP contribution is 2.17. The lowest BCUT2D eigenvalue weighted by molar-refractivity contribution is 0.0696. The van der Waals surface area contributed by atoms with Crippen molar-refractivity contribution in [2.24, 2.45) is 0 Å². The number of pyridine rings is 1. The number of nitrogens with zero attached hydrogens (tertiary/aromatic N) is 1. The first-order chi connectivity index (χ1) is 8.56. The molecule has 18 heavy (non-hydrogen) atoms. The van der Waals surface area contributed by atoms with Crippen LogP contribution < -0.4 is 5.32 Å². The monoisotopic (exact) mass is 262 g/mol. The summed E-state index contributed by atoms with van der Waals surface area (Å²) in [6.45, 7) is 4.51. The SMILES string of the molecule is Cc1cc(C(=O)O)cc(NCc2sccc2C)n1. The van der Waals surface area contributed by atoms with Gasteiger partial charge in [-0.2, -0.15) is 0 Å². The summed E-state index contributed by atoms with van der Waals surface area (Å²) >= 11 is 1.68. The molecule has 0 bridgehead atoms. The molecule has 0 aliphatic rings. The minimum Gasteiger partial charge on any atom is -0.478 e. The van der Waals surface area contributed by atoms with Crippen LogP contribution in [0.1, 0.15) is 26.5 Å². The van der Waals surface area contributed by atoms with Crippen molar-refractivity contribution in [3.63, 3.8) is 0 Å². The number of rotatable bonds is 4. The van der Waals surface area contributed by atoms with E-state index in [4.69, 9.17) is 5.11 Å². The molecule has 0 fully saturated rings. The molecule has 2 rings (SSSR count). The van der Waals surface area contributed by atoms with E-state index in [1.807, 2.05) is 5.38 Å². The molecule has 4 nitrogen and oxygen atoms in total. The second kappa shape index (κ2) is 5.18. The summed E-state index contributed by atoms with van der Waals surface area (Å²) in [6, 6.07) is 5.18. The van der Waals surface area contributed by atoms with Crippen LogP contribution >= 0.6 is 11.3 Å². The molecule has 0 saturated heterocycles. The topological polar surface area (TPSA) is 62.2 Å².